The summed E-state index contributed by atoms with van der Waals surface area (Å²) in [5.74, 6) is 0.962. The van der Waals surface area contributed by atoms with Crippen molar-refractivity contribution < 1.29 is 13.9 Å². The highest BCUT2D eigenvalue weighted by atomic mass is 19.1. The van der Waals surface area contributed by atoms with E-state index in [1.807, 2.05) is 31.3 Å². The minimum absolute atomic E-state index is 0.231. The summed E-state index contributed by atoms with van der Waals surface area (Å²) in [5.41, 5.74) is 1.90. The predicted octanol–water partition coefficient (Wildman–Crippen LogP) is 3.91. The minimum atomic E-state index is -0.385. The molecule has 2 aromatic carbocycles. The largest absolute Gasteiger partial charge is 0.493 e. The lowest BCUT2D eigenvalue weighted by Gasteiger charge is -2.15. The van der Waals surface area contributed by atoms with Crippen molar-refractivity contribution in [3.05, 3.63) is 53.3 Å². The molecular formula is C17H20FNO2. The van der Waals surface area contributed by atoms with Crippen molar-refractivity contribution in [2.45, 2.75) is 19.9 Å². The zero-order chi connectivity index (χ0) is 15.2. The zero-order valence-electron chi connectivity index (χ0n) is 12.6. The van der Waals surface area contributed by atoms with E-state index in [2.05, 4.69) is 12.2 Å². The SMILES string of the molecule is CCc1ccc(Oc2c(F)cccc2CNC)c(OC)c1. The number of benzene rings is 2. The predicted molar refractivity (Wildman–Crippen MR) is 81.6 cm³/mol. The summed E-state index contributed by atoms with van der Waals surface area (Å²) < 4.78 is 25.2. The third kappa shape index (κ3) is 3.52. The fourth-order valence-electron chi connectivity index (χ4n) is 2.12. The van der Waals surface area contributed by atoms with Crippen LogP contribution in [0.4, 0.5) is 4.39 Å². The molecule has 0 aliphatic heterocycles. The standard InChI is InChI=1S/C17H20FNO2/c1-4-12-8-9-15(16(10-12)20-3)21-17-13(11-19-2)6-5-7-14(17)18/h5-10,19H,4,11H2,1-3H3. The lowest BCUT2D eigenvalue weighted by molar-refractivity contribution is 0.368. The molecule has 0 saturated heterocycles. The monoisotopic (exact) mass is 289 g/mol. The first-order valence-electron chi connectivity index (χ1n) is 6.96. The van der Waals surface area contributed by atoms with Crippen LogP contribution in [0.5, 0.6) is 17.2 Å². The maximum atomic E-state index is 14.0. The highest BCUT2D eigenvalue weighted by Gasteiger charge is 2.13. The van der Waals surface area contributed by atoms with Crippen LogP contribution < -0.4 is 14.8 Å². The van der Waals surface area contributed by atoms with Crippen molar-refractivity contribution in [3.8, 4) is 17.2 Å². The van der Waals surface area contributed by atoms with E-state index in [1.54, 1.807) is 13.2 Å². The molecule has 0 atom stereocenters. The quantitative estimate of drug-likeness (QED) is 0.874. The summed E-state index contributed by atoms with van der Waals surface area (Å²) in [7, 11) is 3.39. The summed E-state index contributed by atoms with van der Waals surface area (Å²) in [6, 6.07) is 10.6. The molecule has 4 heteroatoms. The zero-order valence-corrected chi connectivity index (χ0v) is 12.6. The highest BCUT2D eigenvalue weighted by molar-refractivity contribution is 5.47. The first kappa shape index (κ1) is 15.3. The Balaban J connectivity index is 2.38. The molecule has 2 aromatic rings. The second-order valence-corrected chi connectivity index (χ2v) is 4.70. The van der Waals surface area contributed by atoms with Gasteiger partial charge in [-0.2, -0.15) is 0 Å². The molecule has 0 bridgehead atoms. The first-order chi connectivity index (χ1) is 10.2. The Hall–Kier alpha value is -2.07. The molecule has 0 radical (unpaired) electrons. The van der Waals surface area contributed by atoms with E-state index in [0.29, 0.717) is 18.0 Å². The molecule has 0 fully saturated rings. The Morgan fingerprint density at radius 1 is 1.14 bits per heavy atom. The van der Waals surface area contributed by atoms with Crippen LogP contribution in [0.3, 0.4) is 0 Å². The van der Waals surface area contributed by atoms with Gasteiger partial charge < -0.3 is 14.8 Å². The van der Waals surface area contributed by atoms with Gasteiger partial charge in [-0.05, 0) is 37.2 Å². The van der Waals surface area contributed by atoms with Crippen LogP contribution in [0.25, 0.3) is 0 Å². The molecular weight excluding hydrogens is 269 g/mol. The molecule has 1 N–H and O–H groups in total. The van der Waals surface area contributed by atoms with E-state index in [1.165, 1.54) is 6.07 Å². The highest BCUT2D eigenvalue weighted by Crippen LogP contribution is 2.35. The van der Waals surface area contributed by atoms with Crippen molar-refractivity contribution in [1.82, 2.24) is 5.32 Å². The van der Waals surface area contributed by atoms with Crippen LogP contribution in [-0.4, -0.2) is 14.2 Å². The number of para-hydroxylation sites is 1. The molecule has 0 spiro atoms. The van der Waals surface area contributed by atoms with Crippen molar-refractivity contribution in [1.29, 1.82) is 0 Å². The van der Waals surface area contributed by atoms with Crippen molar-refractivity contribution in [2.24, 2.45) is 0 Å². The Morgan fingerprint density at radius 2 is 1.95 bits per heavy atom. The third-order valence-electron chi connectivity index (χ3n) is 3.26. The Morgan fingerprint density at radius 3 is 2.62 bits per heavy atom. The van der Waals surface area contributed by atoms with Crippen LogP contribution >= 0.6 is 0 Å². The lowest BCUT2D eigenvalue weighted by Crippen LogP contribution is -2.07. The van der Waals surface area contributed by atoms with Crippen LogP contribution in [0.2, 0.25) is 0 Å². The molecule has 0 unspecified atom stereocenters. The molecule has 21 heavy (non-hydrogen) atoms. The fourth-order valence-corrected chi connectivity index (χ4v) is 2.12. The van der Waals surface area contributed by atoms with E-state index < -0.39 is 0 Å². The van der Waals surface area contributed by atoms with E-state index in [0.717, 1.165) is 17.5 Å². The van der Waals surface area contributed by atoms with Gasteiger partial charge in [-0.15, -0.1) is 0 Å². The fraction of sp³-hybridized carbons (Fsp3) is 0.294. The number of ether oxygens (including phenoxy) is 2. The summed E-state index contributed by atoms with van der Waals surface area (Å²) in [6.45, 7) is 2.60. The second kappa shape index (κ2) is 7.09. The van der Waals surface area contributed by atoms with Crippen LogP contribution in [0, 0.1) is 5.82 Å². The number of nitrogens with one attached hydrogen (secondary N) is 1. The van der Waals surface area contributed by atoms with Crippen molar-refractivity contribution in [3.63, 3.8) is 0 Å². The molecule has 0 amide bonds. The number of methoxy groups -OCH3 is 1. The van der Waals surface area contributed by atoms with Gasteiger partial charge in [-0.25, -0.2) is 4.39 Å². The van der Waals surface area contributed by atoms with Gasteiger partial charge in [-0.3, -0.25) is 0 Å². The molecule has 0 aromatic heterocycles. The van der Waals surface area contributed by atoms with E-state index in [-0.39, 0.29) is 11.6 Å². The van der Waals surface area contributed by atoms with E-state index in [4.69, 9.17) is 9.47 Å². The van der Waals surface area contributed by atoms with E-state index >= 15 is 0 Å². The van der Waals surface area contributed by atoms with Gasteiger partial charge in [0.15, 0.2) is 23.1 Å². The summed E-state index contributed by atoms with van der Waals surface area (Å²) in [4.78, 5) is 0. The molecule has 112 valence electrons. The van der Waals surface area contributed by atoms with Crippen molar-refractivity contribution >= 4 is 0 Å². The van der Waals surface area contributed by atoms with Gasteiger partial charge in [0.1, 0.15) is 0 Å². The topological polar surface area (TPSA) is 30.5 Å². The average molecular weight is 289 g/mol. The maximum Gasteiger partial charge on any atom is 0.169 e. The molecule has 0 aliphatic carbocycles. The Bertz CT molecular complexity index is 614. The van der Waals surface area contributed by atoms with Crippen LogP contribution in [0.1, 0.15) is 18.1 Å². The van der Waals surface area contributed by atoms with Gasteiger partial charge in [0.2, 0.25) is 0 Å². The minimum Gasteiger partial charge on any atom is -0.493 e. The van der Waals surface area contributed by atoms with Gasteiger partial charge in [0, 0.05) is 12.1 Å². The maximum absolute atomic E-state index is 14.0. The molecule has 0 aliphatic rings. The van der Waals surface area contributed by atoms with Crippen LogP contribution in [-0.2, 0) is 13.0 Å². The van der Waals surface area contributed by atoms with Crippen LogP contribution in [0.15, 0.2) is 36.4 Å². The smallest absolute Gasteiger partial charge is 0.169 e. The average Bonchev–Trinajstić information content (AvgIpc) is 2.51. The second-order valence-electron chi connectivity index (χ2n) is 4.70. The van der Waals surface area contributed by atoms with Gasteiger partial charge in [-0.1, -0.05) is 25.1 Å². The number of hydrogen-bond acceptors (Lipinski definition) is 3. The summed E-state index contributed by atoms with van der Waals surface area (Å²) >= 11 is 0. The number of rotatable bonds is 6. The molecule has 0 heterocycles. The normalized spacial score (nSPS) is 10.5. The van der Waals surface area contributed by atoms with Gasteiger partial charge >= 0.3 is 0 Å². The number of hydrogen-bond donors (Lipinski definition) is 1. The summed E-state index contributed by atoms with van der Waals surface area (Å²) in [5, 5.41) is 3.01. The molecule has 2 rings (SSSR count). The molecule has 3 nitrogen and oxygen atoms in total. The number of halogens is 1. The number of aryl methyl sites for hydroxylation is 1. The van der Waals surface area contributed by atoms with Gasteiger partial charge in [0.25, 0.3) is 0 Å². The third-order valence-corrected chi connectivity index (χ3v) is 3.26. The lowest BCUT2D eigenvalue weighted by atomic mass is 10.1. The molecule has 0 saturated carbocycles. The van der Waals surface area contributed by atoms with E-state index in [9.17, 15) is 4.39 Å². The summed E-state index contributed by atoms with van der Waals surface area (Å²) in [6.07, 6.45) is 0.904. The Kier molecular flexibility index (Phi) is 5.17. The first-order valence-corrected chi connectivity index (χ1v) is 6.96. The Labute approximate surface area is 124 Å². The van der Waals surface area contributed by atoms with Crippen molar-refractivity contribution in [2.75, 3.05) is 14.2 Å². The van der Waals surface area contributed by atoms with Gasteiger partial charge in [0.05, 0.1) is 7.11 Å².